The van der Waals surface area contributed by atoms with Crippen LogP contribution < -0.4 is 5.32 Å². The number of aliphatic hydroxyl groups is 1. The van der Waals surface area contributed by atoms with Gasteiger partial charge in [0.1, 0.15) is 0 Å². The molecule has 1 atom stereocenters. The molecule has 18 heavy (non-hydrogen) atoms. The van der Waals surface area contributed by atoms with Gasteiger partial charge in [0, 0.05) is 30.1 Å². The number of para-hydroxylation sites is 1. The third kappa shape index (κ3) is 2.86. The Bertz CT molecular complexity index is 537. The van der Waals surface area contributed by atoms with Crippen LogP contribution in [0.25, 0.3) is 10.9 Å². The highest BCUT2D eigenvalue weighted by Crippen LogP contribution is 2.18. The molecule has 0 saturated heterocycles. The number of fused-ring (bicyclic) bond motifs is 1. The molecule has 2 aromatic rings. The van der Waals surface area contributed by atoms with E-state index in [1.54, 1.807) is 0 Å². The Morgan fingerprint density at radius 3 is 2.89 bits per heavy atom. The Morgan fingerprint density at radius 2 is 2.06 bits per heavy atom. The molecule has 3 nitrogen and oxygen atoms in total. The maximum atomic E-state index is 9.95. The summed E-state index contributed by atoms with van der Waals surface area (Å²) < 4.78 is 0. The van der Waals surface area contributed by atoms with Crippen LogP contribution in [0.5, 0.6) is 0 Å². The summed E-state index contributed by atoms with van der Waals surface area (Å²) >= 11 is 0. The molecule has 1 fully saturated rings. The van der Waals surface area contributed by atoms with Crippen molar-refractivity contribution in [3.63, 3.8) is 0 Å². The zero-order valence-corrected chi connectivity index (χ0v) is 10.3. The molecule has 0 aliphatic heterocycles. The highest BCUT2D eigenvalue weighted by Gasteiger charge is 2.21. The molecule has 1 saturated carbocycles. The Morgan fingerprint density at radius 1 is 1.22 bits per heavy atom. The van der Waals surface area contributed by atoms with Gasteiger partial charge in [-0.1, -0.05) is 24.3 Å². The Balaban J connectivity index is 1.65. The summed E-state index contributed by atoms with van der Waals surface area (Å²) in [6, 6.07) is 12.8. The van der Waals surface area contributed by atoms with Crippen LogP contribution >= 0.6 is 0 Å². The number of pyridine rings is 1. The summed E-state index contributed by atoms with van der Waals surface area (Å²) in [5.74, 6) is 0. The average Bonchev–Trinajstić information content (AvgIpc) is 3.20. The Kier molecular flexibility index (Phi) is 3.26. The predicted molar refractivity (Wildman–Crippen MR) is 72.5 cm³/mol. The van der Waals surface area contributed by atoms with Crippen LogP contribution in [-0.2, 0) is 6.42 Å². The molecule has 0 bridgehead atoms. The van der Waals surface area contributed by atoms with E-state index in [1.807, 2.05) is 24.3 Å². The second-order valence-corrected chi connectivity index (χ2v) is 5.04. The topological polar surface area (TPSA) is 45.1 Å². The number of hydrogen-bond donors (Lipinski definition) is 2. The van der Waals surface area contributed by atoms with Gasteiger partial charge < -0.3 is 10.4 Å². The summed E-state index contributed by atoms with van der Waals surface area (Å²) in [6.07, 6.45) is 2.77. The van der Waals surface area contributed by atoms with E-state index in [-0.39, 0.29) is 6.10 Å². The lowest BCUT2D eigenvalue weighted by molar-refractivity contribution is 0.170. The van der Waals surface area contributed by atoms with E-state index in [4.69, 9.17) is 0 Å². The summed E-state index contributed by atoms with van der Waals surface area (Å²) in [5.41, 5.74) is 1.95. The van der Waals surface area contributed by atoms with E-state index in [9.17, 15) is 5.11 Å². The van der Waals surface area contributed by atoms with Crippen molar-refractivity contribution in [1.82, 2.24) is 10.3 Å². The summed E-state index contributed by atoms with van der Waals surface area (Å²) in [4.78, 5) is 4.57. The van der Waals surface area contributed by atoms with Gasteiger partial charge in [-0.2, -0.15) is 0 Å². The fourth-order valence-electron chi connectivity index (χ4n) is 2.13. The molecule has 1 aromatic carbocycles. The molecule has 1 heterocycles. The van der Waals surface area contributed by atoms with Gasteiger partial charge in [-0.25, -0.2) is 0 Å². The fraction of sp³-hybridized carbons (Fsp3) is 0.400. The van der Waals surface area contributed by atoms with Crippen LogP contribution in [0.15, 0.2) is 36.4 Å². The van der Waals surface area contributed by atoms with Gasteiger partial charge in [0.25, 0.3) is 0 Å². The number of hydrogen-bond acceptors (Lipinski definition) is 3. The van der Waals surface area contributed by atoms with E-state index < -0.39 is 0 Å². The van der Waals surface area contributed by atoms with E-state index in [0.29, 0.717) is 19.0 Å². The maximum absolute atomic E-state index is 9.95. The van der Waals surface area contributed by atoms with Crippen LogP contribution in [-0.4, -0.2) is 28.8 Å². The quantitative estimate of drug-likeness (QED) is 0.841. The van der Waals surface area contributed by atoms with Gasteiger partial charge in [0.05, 0.1) is 11.6 Å². The summed E-state index contributed by atoms with van der Waals surface area (Å²) in [7, 11) is 0. The van der Waals surface area contributed by atoms with Crippen LogP contribution in [0.4, 0.5) is 0 Å². The first-order valence-corrected chi connectivity index (χ1v) is 6.57. The Hall–Kier alpha value is -1.45. The lowest BCUT2D eigenvalue weighted by Crippen LogP contribution is -2.30. The van der Waals surface area contributed by atoms with Crippen LogP contribution in [0, 0.1) is 0 Å². The van der Waals surface area contributed by atoms with Gasteiger partial charge in [-0.3, -0.25) is 4.98 Å². The van der Waals surface area contributed by atoms with Gasteiger partial charge >= 0.3 is 0 Å². The maximum Gasteiger partial charge on any atom is 0.0720 e. The van der Waals surface area contributed by atoms with Crippen molar-refractivity contribution in [2.75, 3.05) is 6.54 Å². The number of nitrogens with one attached hydrogen (secondary N) is 1. The second-order valence-electron chi connectivity index (χ2n) is 5.04. The molecular weight excluding hydrogens is 224 g/mol. The van der Waals surface area contributed by atoms with Crippen LogP contribution in [0.2, 0.25) is 0 Å². The van der Waals surface area contributed by atoms with Crippen molar-refractivity contribution < 1.29 is 5.11 Å². The van der Waals surface area contributed by atoms with Crippen molar-refractivity contribution in [1.29, 1.82) is 0 Å². The molecule has 94 valence electrons. The molecule has 1 unspecified atom stereocenters. The van der Waals surface area contributed by atoms with Crippen molar-refractivity contribution in [3.05, 3.63) is 42.1 Å². The molecule has 0 amide bonds. The number of rotatable bonds is 5. The first kappa shape index (κ1) is 11.6. The predicted octanol–water partition coefficient (Wildman–Crippen LogP) is 1.89. The van der Waals surface area contributed by atoms with Crippen molar-refractivity contribution in [2.45, 2.75) is 31.4 Å². The Labute approximate surface area is 107 Å². The lowest BCUT2D eigenvalue weighted by atomic mass is 10.1. The molecule has 3 rings (SSSR count). The summed E-state index contributed by atoms with van der Waals surface area (Å²) in [6.45, 7) is 0.666. The first-order valence-electron chi connectivity index (χ1n) is 6.57. The average molecular weight is 242 g/mol. The molecular formula is C15H18N2O. The largest absolute Gasteiger partial charge is 0.391 e. The molecule has 1 aliphatic carbocycles. The second kappa shape index (κ2) is 5.04. The molecule has 0 radical (unpaired) electrons. The highest BCUT2D eigenvalue weighted by molar-refractivity contribution is 5.78. The standard InChI is InChI=1S/C15H18N2O/c18-14(10-16-12-7-8-12)9-13-6-5-11-3-1-2-4-15(11)17-13/h1-6,12,14,16,18H,7-10H2. The normalized spacial score (nSPS) is 16.9. The number of nitrogens with zero attached hydrogens (tertiary/aromatic N) is 1. The zero-order valence-electron chi connectivity index (χ0n) is 10.3. The van der Waals surface area contributed by atoms with Gasteiger partial charge in [0.2, 0.25) is 0 Å². The third-order valence-electron chi connectivity index (χ3n) is 3.32. The lowest BCUT2D eigenvalue weighted by Gasteiger charge is -2.11. The number of benzene rings is 1. The number of aromatic nitrogens is 1. The molecule has 3 heteroatoms. The minimum Gasteiger partial charge on any atom is -0.391 e. The third-order valence-corrected chi connectivity index (χ3v) is 3.32. The van der Waals surface area contributed by atoms with E-state index in [2.05, 4.69) is 22.4 Å². The van der Waals surface area contributed by atoms with Gasteiger partial charge in [-0.05, 0) is 25.0 Å². The first-order chi connectivity index (χ1) is 8.81. The van der Waals surface area contributed by atoms with E-state index >= 15 is 0 Å². The molecule has 1 aliphatic rings. The number of aliphatic hydroxyl groups excluding tert-OH is 1. The van der Waals surface area contributed by atoms with Crippen molar-refractivity contribution in [3.8, 4) is 0 Å². The van der Waals surface area contributed by atoms with E-state index in [1.165, 1.54) is 12.8 Å². The van der Waals surface area contributed by atoms with Crippen molar-refractivity contribution in [2.24, 2.45) is 0 Å². The monoisotopic (exact) mass is 242 g/mol. The SMILES string of the molecule is OC(CNC1CC1)Cc1ccc2ccccc2n1. The fourth-order valence-corrected chi connectivity index (χ4v) is 2.13. The minimum atomic E-state index is -0.348. The van der Waals surface area contributed by atoms with Crippen molar-refractivity contribution >= 4 is 10.9 Å². The van der Waals surface area contributed by atoms with Crippen LogP contribution in [0.1, 0.15) is 18.5 Å². The van der Waals surface area contributed by atoms with E-state index in [0.717, 1.165) is 16.6 Å². The minimum absolute atomic E-state index is 0.348. The molecule has 2 N–H and O–H groups in total. The summed E-state index contributed by atoms with van der Waals surface area (Å²) in [5, 5.41) is 14.4. The smallest absolute Gasteiger partial charge is 0.0720 e. The molecule has 0 spiro atoms. The highest BCUT2D eigenvalue weighted by atomic mass is 16.3. The molecule has 1 aromatic heterocycles. The van der Waals surface area contributed by atoms with Crippen LogP contribution in [0.3, 0.4) is 0 Å². The zero-order chi connectivity index (χ0) is 12.4. The van der Waals surface area contributed by atoms with Gasteiger partial charge in [-0.15, -0.1) is 0 Å². The van der Waals surface area contributed by atoms with Gasteiger partial charge in [0.15, 0.2) is 0 Å².